The highest BCUT2D eigenvalue weighted by Gasteiger charge is 2.61. The molecule has 2 saturated heterocycles. The van der Waals surface area contributed by atoms with E-state index in [4.69, 9.17) is 4.74 Å². The summed E-state index contributed by atoms with van der Waals surface area (Å²) in [5.74, 6) is 3.37. The minimum absolute atomic E-state index is 0.0986. The van der Waals surface area contributed by atoms with Gasteiger partial charge in [-0.05, 0) is 118 Å². The van der Waals surface area contributed by atoms with Gasteiger partial charge in [0.1, 0.15) is 0 Å². The first-order valence-corrected chi connectivity index (χ1v) is 20.7. The Kier molecular flexibility index (Phi) is 11.2. The van der Waals surface area contributed by atoms with Gasteiger partial charge in [-0.15, -0.1) is 0 Å². The molecule has 0 unspecified atom stereocenters. The Bertz CT molecular complexity index is 1470. The molecular formula is C44H65N3O4. The quantitative estimate of drug-likeness (QED) is 0.160. The first-order chi connectivity index (χ1) is 24.6. The molecular weight excluding hydrogens is 635 g/mol. The molecule has 2 saturated carbocycles. The lowest BCUT2D eigenvalue weighted by atomic mass is 9.56. The van der Waals surface area contributed by atoms with E-state index in [1.807, 2.05) is 18.2 Å². The summed E-state index contributed by atoms with van der Waals surface area (Å²) in [5, 5.41) is 16.7. The van der Waals surface area contributed by atoms with Gasteiger partial charge in [0.05, 0.1) is 17.8 Å². The van der Waals surface area contributed by atoms with Gasteiger partial charge in [-0.2, -0.15) is 0 Å². The van der Waals surface area contributed by atoms with Crippen LogP contribution in [0.2, 0.25) is 0 Å². The molecule has 0 aromatic heterocycles. The molecule has 2 aliphatic heterocycles. The Labute approximate surface area is 307 Å². The zero-order valence-corrected chi connectivity index (χ0v) is 31.9. The first kappa shape index (κ1) is 36.9. The van der Waals surface area contributed by atoms with Crippen LogP contribution in [0.5, 0.6) is 0 Å². The van der Waals surface area contributed by atoms with Crippen molar-refractivity contribution in [3.05, 3.63) is 58.7 Å². The van der Waals surface area contributed by atoms with E-state index in [0.717, 1.165) is 76.8 Å². The number of unbranched alkanes of at least 4 members (excludes halogenated alkanes) is 2. The second-order valence-electron chi connectivity index (χ2n) is 17.7. The van der Waals surface area contributed by atoms with Crippen LogP contribution in [-0.4, -0.2) is 71.9 Å². The van der Waals surface area contributed by atoms with Crippen LogP contribution in [0.4, 0.5) is 0 Å². The molecule has 10 atom stereocenters. The Morgan fingerprint density at radius 2 is 1.76 bits per heavy atom. The van der Waals surface area contributed by atoms with Crippen LogP contribution in [0, 0.1) is 35.0 Å². The monoisotopic (exact) mass is 699 g/mol. The number of nitrogens with zero attached hydrogens (tertiary/aromatic N) is 1. The number of fused-ring (bicyclic) bond motifs is 6. The molecule has 7 rings (SSSR count). The fraction of sp³-hybridized carbons (Fsp3) is 0.727. The number of carbonyl (C=O) groups excluding carboxylic acids is 2. The Balaban J connectivity index is 0.879. The van der Waals surface area contributed by atoms with Gasteiger partial charge < -0.3 is 20.5 Å². The summed E-state index contributed by atoms with van der Waals surface area (Å²) in [6.07, 6.45) is 16.0. The standard InChI is InChI=1S/C44H65N3O4/c1-29-25-39-42(47(28-29)24-23-46-40(49)13-9-6-10-22-45-41(50)17-14-32-11-7-5-8-12-32)31(3)44(51-39)21-19-35-36-16-15-33-26-34(48)18-20-43(33,4)38(36)27-37(35)30(44)2/h5,7-8,11-12,15,29,31,34-36,38-39,42,48H,6,9-10,13-14,16-28H2,1-4H3,(H,45,50)(H,46,49)/t29-,31+,34-,35-,36-,38-,39+,42-,43-,44-/m0/s1. The van der Waals surface area contributed by atoms with Gasteiger partial charge >= 0.3 is 0 Å². The number of hydrogen-bond acceptors (Lipinski definition) is 5. The van der Waals surface area contributed by atoms with E-state index in [-0.39, 0.29) is 35.0 Å². The molecule has 51 heavy (non-hydrogen) atoms. The van der Waals surface area contributed by atoms with Crippen molar-refractivity contribution in [2.75, 3.05) is 26.2 Å². The lowest BCUT2D eigenvalue weighted by Crippen LogP contribution is -2.54. The third-order valence-electron chi connectivity index (χ3n) is 14.7. The van der Waals surface area contributed by atoms with Crippen LogP contribution in [0.3, 0.4) is 0 Å². The van der Waals surface area contributed by atoms with Crippen LogP contribution in [0.25, 0.3) is 0 Å². The maximum atomic E-state index is 12.8. The number of aryl methyl sites for hydroxylation is 1. The molecule has 4 aliphatic carbocycles. The average Bonchev–Trinajstić information content (AvgIpc) is 3.64. The van der Waals surface area contributed by atoms with Crippen molar-refractivity contribution < 1.29 is 19.4 Å². The molecule has 1 aromatic rings. The SMILES string of the molecule is CC1=C2C[C@H]3[C@@H](CC=C4C[C@@H](O)CC[C@@]43C)[C@@H]2CC[C@]12O[C@@H]1C[C@H](C)CN(CCNC(=O)CCCCCNC(=O)CCc3ccccc3)[C@H]1[C@H]2C. The molecule has 280 valence electrons. The number of hydrogen-bond donors (Lipinski definition) is 3. The number of carbonyl (C=O) groups is 2. The van der Waals surface area contributed by atoms with Crippen LogP contribution in [0.1, 0.15) is 117 Å². The fourth-order valence-corrected chi connectivity index (χ4v) is 12.0. The van der Waals surface area contributed by atoms with Crippen molar-refractivity contribution in [2.24, 2.45) is 35.0 Å². The lowest BCUT2D eigenvalue weighted by Gasteiger charge is -2.49. The maximum Gasteiger partial charge on any atom is 0.220 e. The fourth-order valence-electron chi connectivity index (χ4n) is 12.0. The number of ether oxygens (including phenoxy) is 1. The Morgan fingerprint density at radius 3 is 2.59 bits per heavy atom. The summed E-state index contributed by atoms with van der Waals surface area (Å²) < 4.78 is 7.33. The van der Waals surface area contributed by atoms with E-state index in [2.05, 4.69) is 61.4 Å². The molecule has 7 nitrogen and oxygen atoms in total. The minimum atomic E-state index is -0.165. The number of piperidine rings is 1. The van der Waals surface area contributed by atoms with E-state index in [1.54, 1.807) is 11.1 Å². The van der Waals surface area contributed by atoms with Crippen LogP contribution in [0.15, 0.2) is 53.1 Å². The van der Waals surface area contributed by atoms with E-state index < -0.39 is 0 Å². The van der Waals surface area contributed by atoms with Gasteiger partial charge in [0, 0.05) is 51.0 Å². The third kappa shape index (κ3) is 7.38. The van der Waals surface area contributed by atoms with Crippen molar-refractivity contribution in [3.8, 4) is 0 Å². The summed E-state index contributed by atoms with van der Waals surface area (Å²) in [7, 11) is 0. The number of rotatable bonds is 12. The maximum absolute atomic E-state index is 12.8. The average molecular weight is 700 g/mol. The smallest absolute Gasteiger partial charge is 0.220 e. The van der Waals surface area contributed by atoms with E-state index >= 15 is 0 Å². The van der Waals surface area contributed by atoms with Crippen molar-refractivity contribution in [2.45, 2.75) is 141 Å². The van der Waals surface area contributed by atoms with E-state index in [0.29, 0.717) is 55.6 Å². The van der Waals surface area contributed by atoms with Gasteiger partial charge in [0.15, 0.2) is 0 Å². The summed E-state index contributed by atoms with van der Waals surface area (Å²) in [4.78, 5) is 27.6. The van der Waals surface area contributed by atoms with Gasteiger partial charge in [-0.1, -0.05) is 74.7 Å². The number of nitrogens with one attached hydrogen (secondary N) is 2. The molecule has 7 heteroatoms. The Morgan fingerprint density at radius 1 is 0.980 bits per heavy atom. The van der Waals surface area contributed by atoms with Crippen LogP contribution >= 0.6 is 0 Å². The van der Waals surface area contributed by atoms with Gasteiger partial charge in [0.2, 0.25) is 11.8 Å². The topological polar surface area (TPSA) is 90.9 Å². The summed E-state index contributed by atoms with van der Waals surface area (Å²) in [5.41, 5.74) is 6.09. The molecule has 1 spiro atoms. The highest BCUT2D eigenvalue weighted by atomic mass is 16.5. The number of aliphatic hydroxyl groups is 1. The zero-order valence-electron chi connectivity index (χ0n) is 31.9. The Hall–Kier alpha value is -2.48. The lowest BCUT2D eigenvalue weighted by molar-refractivity contribution is -0.122. The highest BCUT2D eigenvalue weighted by molar-refractivity contribution is 5.76. The molecule has 2 heterocycles. The van der Waals surface area contributed by atoms with Crippen LogP contribution < -0.4 is 10.6 Å². The molecule has 6 aliphatic rings. The van der Waals surface area contributed by atoms with Gasteiger partial charge in [0.25, 0.3) is 0 Å². The summed E-state index contributed by atoms with van der Waals surface area (Å²) >= 11 is 0. The minimum Gasteiger partial charge on any atom is -0.393 e. The zero-order chi connectivity index (χ0) is 35.8. The molecule has 0 bridgehead atoms. The summed E-state index contributed by atoms with van der Waals surface area (Å²) in [6.45, 7) is 13.1. The first-order valence-electron chi connectivity index (χ1n) is 20.7. The number of amides is 2. The van der Waals surface area contributed by atoms with E-state index in [9.17, 15) is 14.7 Å². The second-order valence-corrected chi connectivity index (χ2v) is 17.7. The van der Waals surface area contributed by atoms with Crippen LogP contribution in [-0.2, 0) is 20.7 Å². The predicted octanol–water partition coefficient (Wildman–Crippen LogP) is 7.14. The summed E-state index contributed by atoms with van der Waals surface area (Å²) in [6, 6.07) is 10.5. The van der Waals surface area contributed by atoms with Crippen molar-refractivity contribution in [1.82, 2.24) is 15.5 Å². The third-order valence-corrected chi connectivity index (χ3v) is 14.7. The van der Waals surface area contributed by atoms with Gasteiger partial charge in [-0.3, -0.25) is 14.5 Å². The number of allylic oxidation sites excluding steroid dienone is 2. The molecule has 3 N–H and O–H groups in total. The van der Waals surface area contributed by atoms with Gasteiger partial charge in [-0.25, -0.2) is 0 Å². The van der Waals surface area contributed by atoms with Crippen molar-refractivity contribution in [1.29, 1.82) is 0 Å². The number of likely N-dealkylation sites (tertiary alicyclic amines) is 1. The largest absolute Gasteiger partial charge is 0.393 e. The molecule has 0 radical (unpaired) electrons. The van der Waals surface area contributed by atoms with Crippen molar-refractivity contribution >= 4 is 11.8 Å². The van der Waals surface area contributed by atoms with Crippen molar-refractivity contribution in [3.63, 3.8) is 0 Å². The molecule has 1 aromatic carbocycles. The highest BCUT2D eigenvalue weighted by Crippen LogP contribution is 2.65. The number of aliphatic hydroxyl groups excluding tert-OH is 1. The number of benzene rings is 1. The molecule has 2 amide bonds. The normalized spacial score (nSPS) is 37.3. The predicted molar refractivity (Wildman–Crippen MR) is 203 cm³/mol. The second kappa shape index (κ2) is 15.5. The molecule has 4 fully saturated rings. The van der Waals surface area contributed by atoms with E-state index in [1.165, 1.54) is 30.4 Å².